The van der Waals surface area contributed by atoms with E-state index in [2.05, 4.69) is 34.5 Å². The van der Waals surface area contributed by atoms with Gasteiger partial charge in [-0.1, -0.05) is 13.3 Å². The lowest BCUT2D eigenvalue weighted by atomic mass is 10.1. The lowest BCUT2D eigenvalue weighted by molar-refractivity contribution is 0.0323. The zero-order valence-electron chi connectivity index (χ0n) is 10.5. The average Bonchev–Trinajstić information content (AvgIpc) is 2.77. The molecule has 1 atom stereocenters. The number of hydrogen-bond acceptors (Lipinski definition) is 2. The predicted octanol–water partition coefficient (Wildman–Crippen LogP) is 4.12. The van der Waals surface area contributed by atoms with Gasteiger partial charge in [0.05, 0.1) is 11.7 Å². The van der Waals surface area contributed by atoms with E-state index in [1.807, 2.05) is 31.3 Å². The second kappa shape index (κ2) is 5.73. The number of carbonyl (C=O) groups is 1. The van der Waals surface area contributed by atoms with E-state index < -0.39 is 0 Å². The first-order chi connectivity index (χ1) is 8.61. The van der Waals surface area contributed by atoms with Crippen LogP contribution < -0.4 is 0 Å². The SMILES string of the molecule is CCCC(C)OC(=O)c1cc(I)c2cc[nH]c2c1. The van der Waals surface area contributed by atoms with Crippen LogP contribution in [0.4, 0.5) is 0 Å². The van der Waals surface area contributed by atoms with Gasteiger partial charge in [-0.3, -0.25) is 0 Å². The van der Waals surface area contributed by atoms with Gasteiger partial charge in [-0.2, -0.15) is 0 Å². The Kier molecular flexibility index (Phi) is 4.27. The Labute approximate surface area is 120 Å². The highest BCUT2D eigenvalue weighted by Crippen LogP contribution is 2.22. The van der Waals surface area contributed by atoms with Crippen LogP contribution in [0.5, 0.6) is 0 Å². The van der Waals surface area contributed by atoms with E-state index in [-0.39, 0.29) is 12.1 Å². The summed E-state index contributed by atoms with van der Waals surface area (Å²) in [6, 6.07) is 5.72. The first-order valence-corrected chi connectivity index (χ1v) is 7.17. The lowest BCUT2D eigenvalue weighted by Crippen LogP contribution is -2.14. The van der Waals surface area contributed by atoms with E-state index in [9.17, 15) is 4.79 Å². The molecule has 0 saturated carbocycles. The van der Waals surface area contributed by atoms with Gasteiger partial charge in [0.15, 0.2) is 0 Å². The maximum Gasteiger partial charge on any atom is 0.338 e. The van der Waals surface area contributed by atoms with Gasteiger partial charge >= 0.3 is 5.97 Å². The van der Waals surface area contributed by atoms with Crippen LogP contribution in [-0.2, 0) is 4.74 Å². The summed E-state index contributed by atoms with van der Waals surface area (Å²) in [7, 11) is 0. The number of nitrogens with one attached hydrogen (secondary N) is 1. The first-order valence-electron chi connectivity index (χ1n) is 6.09. The van der Waals surface area contributed by atoms with Crippen LogP contribution in [0.1, 0.15) is 37.0 Å². The van der Waals surface area contributed by atoms with Crippen LogP contribution in [0.3, 0.4) is 0 Å². The summed E-state index contributed by atoms with van der Waals surface area (Å²) >= 11 is 2.24. The smallest absolute Gasteiger partial charge is 0.338 e. The molecule has 0 aliphatic heterocycles. The summed E-state index contributed by atoms with van der Waals surface area (Å²) in [6.45, 7) is 4.01. The largest absolute Gasteiger partial charge is 0.459 e. The lowest BCUT2D eigenvalue weighted by Gasteiger charge is -2.12. The molecule has 2 aromatic rings. The molecule has 0 fully saturated rings. The van der Waals surface area contributed by atoms with Crippen molar-refractivity contribution in [3.8, 4) is 0 Å². The molecule has 1 unspecified atom stereocenters. The van der Waals surface area contributed by atoms with Crippen molar-refractivity contribution in [2.45, 2.75) is 32.8 Å². The van der Waals surface area contributed by atoms with Crippen LogP contribution >= 0.6 is 22.6 Å². The van der Waals surface area contributed by atoms with Gasteiger partial charge in [0.2, 0.25) is 0 Å². The molecule has 96 valence electrons. The van der Waals surface area contributed by atoms with Crippen molar-refractivity contribution in [3.05, 3.63) is 33.5 Å². The average molecular weight is 357 g/mol. The Bertz CT molecular complexity index is 562. The number of hydrogen-bond donors (Lipinski definition) is 1. The van der Waals surface area contributed by atoms with Crippen molar-refractivity contribution in [2.24, 2.45) is 0 Å². The number of halogens is 1. The fourth-order valence-electron chi connectivity index (χ4n) is 1.96. The molecule has 4 heteroatoms. The van der Waals surface area contributed by atoms with Crippen molar-refractivity contribution < 1.29 is 9.53 Å². The number of fused-ring (bicyclic) bond motifs is 1. The van der Waals surface area contributed by atoms with E-state index in [1.165, 1.54) is 0 Å². The third kappa shape index (κ3) is 2.85. The summed E-state index contributed by atoms with van der Waals surface area (Å²) in [5.74, 6) is -0.245. The summed E-state index contributed by atoms with van der Waals surface area (Å²) < 4.78 is 6.46. The number of benzene rings is 1. The number of aromatic nitrogens is 1. The van der Waals surface area contributed by atoms with Crippen LogP contribution in [0.15, 0.2) is 24.4 Å². The Hall–Kier alpha value is -1.04. The summed E-state index contributed by atoms with van der Waals surface area (Å²) in [4.78, 5) is 15.1. The molecule has 1 aromatic heterocycles. The molecule has 0 spiro atoms. The molecule has 0 saturated heterocycles. The monoisotopic (exact) mass is 357 g/mol. The molecule has 2 rings (SSSR count). The van der Waals surface area contributed by atoms with Crippen molar-refractivity contribution in [3.63, 3.8) is 0 Å². The summed E-state index contributed by atoms with van der Waals surface area (Å²) in [5, 5.41) is 1.13. The number of aromatic amines is 1. The summed E-state index contributed by atoms with van der Waals surface area (Å²) in [5.41, 5.74) is 1.58. The zero-order valence-corrected chi connectivity index (χ0v) is 12.7. The van der Waals surface area contributed by atoms with Gasteiger partial charge in [0.25, 0.3) is 0 Å². The topological polar surface area (TPSA) is 42.1 Å². The molecule has 0 bridgehead atoms. The molecule has 0 aliphatic rings. The maximum absolute atomic E-state index is 12.0. The fourth-order valence-corrected chi connectivity index (χ4v) is 2.76. The van der Waals surface area contributed by atoms with Crippen LogP contribution in [0.25, 0.3) is 10.9 Å². The molecular formula is C14H16INO2. The van der Waals surface area contributed by atoms with E-state index in [0.717, 1.165) is 27.3 Å². The van der Waals surface area contributed by atoms with Gasteiger partial charge < -0.3 is 9.72 Å². The Balaban J connectivity index is 2.22. The Morgan fingerprint density at radius 2 is 2.28 bits per heavy atom. The molecule has 1 heterocycles. The highest BCUT2D eigenvalue weighted by molar-refractivity contribution is 14.1. The quantitative estimate of drug-likeness (QED) is 0.661. The van der Waals surface area contributed by atoms with Crippen LogP contribution in [0.2, 0.25) is 0 Å². The molecular weight excluding hydrogens is 341 g/mol. The minimum atomic E-state index is -0.245. The molecule has 18 heavy (non-hydrogen) atoms. The highest BCUT2D eigenvalue weighted by atomic mass is 127. The summed E-state index contributed by atoms with van der Waals surface area (Å²) in [6.07, 6.45) is 3.76. The van der Waals surface area contributed by atoms with E-state index >= 15 is 0 Å². The Morgan fingerprint density at radius 1 is 1.50 bits per heavy atom. The molecule has 0 radical (unpaired) electrons. The van der Waals surface area contributed by atoms with E-state index in [1.54, 1.807) is 0 Å². The van der Waals surface area contributed by atoms with Gasteiger partial charge in [-0.05, 0) is 54.1 Å². The molecule has 1 N–H and O–H groups in total. The minimum Gasteiger partial charge on any atom is -0.459 e. The van der Waals surface area contributed by atoms with Crippen molar-refractivity contribution in [2.75, 3.05) is 0 Å². The second-order valence-corrected chi connectivity index (χ2v) is 5.56. The molecule has 1 aromatic carbocycles. The normalized spacial score (nSPS) is 12.6. The molecule has 0 amide bonds. The minimum absolute atomic E-state index is 0.0282. The van der Waals surface area contributed by atoms with Crippen molar-refractivity contribution in [1.82, 2.24) is 4.98 Å². The Morgan fingerprint density at radius 3 is 3.00 bits per heavy atom. The second-order valence-electron chi connectivity index (χ2n) is 4.40. The molecule has 3 nitrogen and oxygen atoms in total. The number of rotatable bonds is 4. The fraction of sp³-hybridized carbons (Fsp3) is 0.357. The van der Waals surface area contributed by atoms with E-state index in [4.69, 9.17) is 4.74 Å². The number of ether oxygens (including phenoxy) is 1. The third-order valence-electron chi connectivity index (χ3n) is 2.86. The number of esters is 1. The first kappa shape index (κ1) is 13.4. The standard InChI is InChI=1S/C14H16INO2/c1-3-4-9(2)18-14(17)10-7-12(15)11-5-6-16-13(11)8-10/h5-9,16H,3-4H2,1-2H3. The predicted molar refractivity (Wildman–Crippen MR) is 80.8 cm³/mol. The van der Waals surface area contributed by atoms with Gasteiger partial charge in [0, 0.05) is 20.7 Å². The van der Waals surface area contributed by atoms with Crippen molar-refractivity contribution in [1.29, 1.82) is 0 Å². The van der Waals surface area contributed by atoms with Gasteiger partial charge in [-0.25, -0.2) is 4.79 Å². The van der Waals surface area contributed by atoms with Crippen LogP contribution in [0, 0.1) is 3.57 Å². The zero-order chi connectivity index (χ0) is 13.1. The van der Waals surface area contributed by atoms with Crippen molar-refractivity contribution >= 4 is 39.5 Å². The van der Waals surface area contributed by atoms with Crippen LogP contribution in [-0.4, -0.2) is 17.1 Å². The number of carbonyl (C=O) groups excluding carboxylic acids is 1. The maximum atomic E-state index is 12.0. The number of H-pyrrole nitrogens is 1. The third-order valence-corrected chi connectivity index (χ3v) is 3.75. The highest BCUT2D eigenvalue weighted by Gasteiger charge is 2.13. The van der Waals surface area contributed by atoms with E-state index in [0.29, 0.717) is 5.56 Å². The molecule has 0 aliphatic carbocycles. The van der Waals surface area contributed by atoms with Gasteiger partial charge in [0.1, 0.15) is 0 Å². The van der Waals surface area contributed by atoms with Gasteiger partial charge in [-0.15, -0.1) is 0 Å².